The van der Waals surface area contributed by atoms with Gasteiger partial charge in [0.05, 0.1) is 19.8 Å². The maximum absolute atomic E-state index is 12.6. The molecule has 0 amide bonds. The second kappa shape index (κ2) is 37.3. The minimum absolute atomic E-state index is 0.0255. The van der Waals surface area contributed by atoms with Gasteiger partial charge in [0, 0.05) is 13.0 Å². The largest absolute Gasteiger partial charge is 0.480 e. The molecule has 3 unspecified atom stereocenters. The number of esters is 1. The molecule has 0 fully saturated rings. The van der Waals surface area contributed by atoms with Gasteiger partial charge < -0.3 is 25.2 Å². The Hall–Kier alpha value is -1.03. The van der Waals surface area contributed by atoms with Gasteiger partial charge >= 0.3 is 19.8 Å². The fraction of sp³-hybridized carbons (Fsp3) is 0.950. The molecule has 0 heterocycles. The van der Waals surface area contributed by atoms with E-state index in [-0.39, 0.29) is 13.0 Å². The van der Waals surface area contributed by atoms with Crippen LogP contribution in [0.2, 0.25) is 0 Å². The third kappa shape index (κ3) is 37.1. The Morgan fingerprint density at radius 3 is 1.29 bits per heavy atom. The van der Waals surface area contributed by atoms with Crippen LogP contribution in [-0.4, -0.2) is 60.5 Å². The quantitative estimate of drug-likeness (QED) is 0.0312. The van der Waals surface area contributed by atoms with E-state index in [1.165, 1.54) is 148 Å². The molecule has 0 aliphatic carbocycles. The summed E-state index contributed by atoms with van der Waals surface area (Å²) in [6.07, 6.45) is 35.7. The molecule has 0 saturated carbocycles. The van der Waals surface area contributed by atoms with Gasteiger partial charge in [-0.2, -0.15) is 0 Å². The molecule has 51 heavy (non-hydrogen) atoms. The molecule has 0 aliphatic heterocycles. The van der Waals surface area contributed by atoms with Crippen molar-refractivity contribution >= 4 is 19.8 Å². The van der Waals surface area contributed by atoms with Crippen molar-refractivity contribution < 1.29 is 42.7 Å². The number of nitrogens with two attached hydrogens (primary N) is 1. The molecule has 0 saturated heterocycles. The summed E-state index contributed by atoms with van der Waals surface area (Å²) in [6.45, 7) is 3.92. The van der Waals surface area contributed by atoms with Gasteiger partial charge in [-0.25, -0.2) is 4.57 Å². The molecule has 11 heteroatoms. The second-order valence-electron chi connectivity index (χ2n) is 14.5. The number of carboxylic acids is 1. The highest BCUT2D eigenvalue weighted by molar-refractivity contribution is 7.47. The van der Waals surface area contributed by atoms with Crippen molar-refractivity contribution in [2.75, 3.05) is 26.4 Å². The predicted octanol–water partition coefficient (Wildman–Crippen LogP) is 11.2. The molecule has 0 radical (unpaired) electrons. The molecule has 0 spiro atoms. The minimum Gasteiger partial charge on any atom is -0.480 e. The van der Waals surface area contributed by atoms with Gasteiger partial charge in [-0.15, -0.1) is 0 Å². The standard InChI is InChI=1S/C40H80NO9P/c1-3-5-7-9-11-13-15-17-19-21-23-25-27-29-31-33-47-34-37(35-48-51(45,46)49-36-38(41)40(43)44)50-39(42)32-30-28-26-24-22-20-18-16-14-12-10-8-6-4-2/h37-38H,3-36,41H2,1-2H3,(H,43,44)(H,45,46). The number of hydrogen-bond acceptors (Lipinski definition) is 8. The smallest absolute Gasteiger partial charge is 0.472 e. The number of phosphoric acid groups is 1. The number of carbonyl (C=O) groups is 2. The Morgan fingerprint density at radius 2 is 0.902 bits per heavy atom. The molecule has 0 aromatic rings. The van der Waals surface area contributed by atoms with E-state index in [9.17, 15) is 19.0 Å². The Morgan fingerprint density at radius 1 is 0.549 bits per heavy atom. The van der Waals surface area contributed by atoms with Crippen LogP contribution in [-0.2, 0) is 32.7 Å². The van der Waals surface area contributed by atoms with E-state index in [2.05, 4.69) is 13.8 Å². The van der Waals surface area contributed by atoms with Crippen molar-refractivity contribution in [2.45, 2.75) is 219 Å². The van der Waals surface area contributed by atoms with Crippen LogP contribution < -0.4 is 5.73 Å². The van der Waals surface area contributed by atoms with Crippen LogP contribution >= 0.6 is 7.82 Å². The van der Waals surface area contributed by atoms with Crippen LogP contribution in [0.3, 0.4) is 0 Å². The third-order valence-corrected chi connectivity index (χ3v) is 10.3. The van der Waals surface area contributed by atoms with Gasteiger partial charge in [0.2, 0.25) is 0 Å². The predicted molar refractivity (Wildman–Crippen MR) is 208 cm³/mol. The van der Waals surface area contributed by atoms with E-state index in [0.29, 0.717) is 6.61 Å². The fourth-order valence-electron chi connectivity index (χ4n) is 6.08. The van der Waals surface area contributed by atoms with E-state index >= 15 is 0 Å². The van der Waals surface area contributed by atoms with Crippen LogP contribution in [0.25, 0.3) is 0 Å². The summed E-state index contributed by atoms with van der Waals surface area (Å²) in [6, 6.07) is -1.47. The lowest BCUT2D eigenvalue weighted by Gasteiger charge is -2.20. The highest BCUT2D eigenvalue weighted by Gasteiger charge is 2.27. The number of rotatable bonds is 41. The number of carboxylic acid groups (broad SMARTS) is 1. The van der Waals surface area contributed by atoms with Gasteiger partial charge in [-0.05, 0) is 12.8 Å². The number of ether oxygens (including phenoxy) is 2. The number of phosphoric ester groups is 1. The highest BCUT2D eigenvalue weighted by Crippen LogP contribution is 2.43. The van der Waals surface area contributed by atoms with Gasteiger partial charge in [0.1, 0.15) is 12.1 Å². The Labute approximate surface area is 312 Å². The number of carbonyl (C=O) groups excluding carboxylic acids is 1. The number of unbranched alkanes of at least 4 members (excludes halogenated alkanes) is 27. The first kappa shape index (κ1) is 50.0. The molecule has 0 aromatic carbocycles. The molecule has 0 rings (SSSR count). The maximum atomic E-state index is 12.6. The van der Waals surface area contributed by atoms with Gasteiger partial charge in [-0.1, -0.05) is 187 Å². The summed E-state index contributed by atoms with van der Waals surface area (Å²) >= 11 is 0. The Bertz CT molecular complexity index is 832. The van der Waals surface area contributed by atoms with Crippen molar-refractivity contribution in [3.8, 4) is 0 Å². The summed E-state index contributed by atoms with van der Waals surface area (Å²) in [7, 11) is -4.60. The lowest BCUT2D eigenvalue weighted by molar-refractivity contribution is -0.154. The lowest BCUT2D eigenvalue weighted by Crippen LogP contribution is -2.34. The van der Waals surface area contributed by atoms with E-state index in [1.54, 1.807) is 0 Å². The molecule has 0 bridgehead atoms. The van der Waals surface area contributed by atoms with Crippen molar-refractivity contribution in [2.24, 2.45) is 5.73 Å². The van der Waals surface area contributed by atoms with Gasteiger partial charge in [0.25, 0.3) is 0 Å². The Balaban J connectivity index is 4.21. The molecule has 304 valence electrons. The number of hydrogen-bond donors (Lipinski definition) is 3. The normalized spacial score (nSPS) is 14.0. The molecule has 10 nitrogen and oxygen atoms in total. The maximum Gasteiger partial charge on any atom is 0.472 e. The Kier molecular flexibility index (Phi) is 36.5. The van der Waals surface area contributed by atoms with Crippen LogP contribution in [0.15, 0.2) is 0 Å². The molecule has 0 aliphatic rings. The molecule has 3 atom stereocenters. The molecule has 0 aromatic heterocycles. The summed E-state index contributed by atoms with van der Waals surface area (Å²) < 4.78 is 33.3. The minimum atomic E-state index is -4.60. The first-order valence-electron chi connectivity index (χ1n) is 21.1. The zero-order valence-corrected chi connectivity index (χ0v) is 33.9. The second-order valence-corrected chi connectivity index (χ2v) is 15.9. The van der Waals surface area contributed by atoms with E-state index in [1.807, 2.05) is 0 Å². The average Bonchev–Trinajstić information content (AvgIpc) is 3.10. The first-order valence-corrected chi connectivity index (χ1v) is 22.6. The van der Waals surface area contributed by atoms with Gasteiger partial charge in [-0.3, -0.25) is 18.6 Å². The van der Waals surface area contributed by atoms with Crippen molar-refractivity contribution in [1.82, 2.24) is 0 Å². The van der Waals surface area contributed by atoms with Crippen molar-refractivity contribution in [1.29, 1.82) is 0 Å². The first-order chi connectivity index (χ1) is 24.7. The fourth-order valence-corrected chi connectivity index (χ4v) is 6.85. The zero-order valence-electron chi connectivity index (χ0n) is 33.0. The molecular weight excluding hydrogens is 669 g/mol. The molecule has 4 N–H and O–H groups in total. The zero-order chi connectivity index (χ0) is 37.7. The lowest BCUT2D eigenvalue weighted by atomic mass is 10.0. The van der Waals surface area contributed by atoms with E-state index in [4.69, 9.17) is 29.4 Å². The topological polar surface area (TPSA) is 155 Å². The third-order valence-electron chi connectivity index (χ3n) is 9.39. The summed E-state index contributed by atoms with van der Waals surface area (Å²) in [4.78, 5) is 33.5. The monoisotopic (exact) mass is 750 g/mol. The summed E-state index contributed by atoms with van der Waals surface area (Å²) in [5.74, 6) is -1.77. The average molecular weight is 750 g/mol. The van der Waals surface area contributed by atoms with E-state index in [0.717, 1.165) is 38.5 Å². The van der Waals surface area contributed by atoms with Crippen LogP contribution in [0, 0.1) is 0 Å². The summed E-state index contributed by atoms with van der Waals surface area (Å²) in [5.41, 5.74) is 5.35. The molecular formula is C40H80NO9P. The van der Waals surface area contributed by atoms with Crippen LogP contribution in [0.5, 0.6) is 0 Å². The number of aliphatic carboxylic acids is 1. The van der Waals surface area contributed by atoms with Crippen molar-refractivity contribution in [3.05, 3.63) is 0 Å². The summed E-state index contributed by atoms with van der Waals surface area (Å²) in [5, 5.41) is 8.88. The van der Waals surface area contributed by atoms with Crippen LogP contribution in [0.1, 0.15) is 206 Å². The highest BCUT2D eigenvalue weighted by atomic mass is 31.2. The van der Waals surface area contributed by atoms with Crippen LogP contribution in [0.4, 0.5) is 0 Å². The van der Waals surface area contributed by atoms with Gasteiger partial charge in [0.15, 0.2) is 0 Å². The SMILES string of the molecule is CCCCCCCCCCCCCCCCCOCC(COP(=O)(O)OCC(N)C(=O)O)OC(=O)CCCCCCCCCCCCCCCC. The van der Waals surface area contributed by atoms with Crippen molar-refractivity contribution in [3.63, 3.8) is 0 Å². The van der Waals surface area contributed by atoms with E-state index < -0.39 is 45.1 Å².